The number of nitrogens with zero attached hydrogens (tertiary/aromatic N) is 1. The second kappa shape index (κ2) is 6.02. The third-order valence-corrected chi connectivity index (χ3v) is 7.22. The van der Waals surface area contributed by atoms with Crippen LogP contribution in [0.4, 0.5) is 0 Å². The summed E-state index contributed by atoms with van der Waals surface area (Å²) in [5.41, 5.74) is 5.57. The van der Waals surface area contributed by atoms with E-state index >= 15 is 0 Å². The van der Waals surface area contributed by atoms with Crippen LogP contribution in [-0.4, -0.2) is 19.8 Å². The summed E-state index contributed by atoms with van der Waals surface area (Å²) in [4.78, 5) is 2.00. The van der Waals surface area contributed by atoms with Crippen LogP contribution in [0.2, 0.25) is 0 Å². The summed E-state index contributed by atoms with van der Waals surface area (Å²) in [5.74, 6) is 0. The van der Waals surface area contributed by atoms with Crippen LogP contribution in [0.5, 0.6) is 0 Å². The zero-order chi connectivity index (χ0) is 14.0. The van der Waals surface area contributed by atoms with Gasteiger partial charge >= 0.3 is 0 Å². The molecule has 0 aliphatic carbocycles. The maximum absolute atomic E-state index is 12.5. The van der Waals surface area contributed by atoms with Gasteiger partial charge in [-0.15, -0.1) is 22.7 Å². The van der Waals surface area contributed by atoms with Crippen molar-refractivity contribution in [2.45, 2.75) is 18.0 Å². The molecular formula is C11H13BrN2O2S3. The Labute approximate surface area is 129 Å². The number of halogens is 1. The maximum Gasteiger partial charge on any atom is 0.244 e. The monoisotopic (exact) mass is 380 g/mol. The van der Waals surface area contributed by atoms with Crippen molar-refractivity contribution in [3.63, 3.8) is 0 Å². The average molecular weight is 381 g/mol. The van der Waals surface area contributed by atoms with Gasteiger partial charge in [0.1, 0.15) is 0 Å². The second-order valence-electron chi connectivity index (χ2n) is 3.90. The van der Waals surface area contributed by atoms with Crippen LogP contribution in [0, 0.1) is 0 Å². The molecule has 0 aliphatic heterocycles. The molecule has 2 rings (SSSR count). The molecule has 0 saturated heterocycles. The number of hydrogen-bond donors (Lipinski definition) is 1. The number of hydrogen-bond acceptors (Lipinski definition) is 5. The van der Waals surface area contributed by atoms with Gasteiger partial charge in [-0.25, -0.2) is 8.42 Å². The van der Waals surface area contributed by atoms with Crippen molar-refractivity contribution in [1.82, 2.24) is 4.31 Å². The molecular weight excluding hydrogens is 368 g/mol. The zero-order valence-corrected chi connectivity index (χ0v) is 14.2. The van der Waals surface area contributed by atoms with Crippen LogP contribution in [0.25, 0.3) is 0 Å². The minimum atomic E-state index is -3.47. The number of sulfonamides is 1. The predicted molar refractivity (Wildman–Crippen MR) is 82.9 cm³/mol. The third kappa shape index (κ3) is 3.26. The van der Waals surface area contributed by atoms with Gasteiger partial charge in [0.2, 0.25) is 10.0 Å². The van der Waals surface area contributed by atoms with Crippen LogP contribution in [0.3, 0.4) is 0 Å². The SMILES string of the molecule is CN(Cc1cc(Br)cs1)S(=O)(=O)c1ccsc1CN. The molecule has 0 bridgehead atoms. The van der Waals surface area contributed by atoms with Gasteiger partial charge in [-0.2, -0.15) is 4.31 Å². The molecule has 0 radical (unpaired) electrons. The first kappa shape index (κ1) is 15.1. The Morgan fingerprint density at radius 2 is 2.16 bits per heavy atom. The molecule has 0 fully saturated rings. The van der Waals surface area contributed by atoms with Crippen molar-refractivity contribution in [3.05, 3.63) is 37.1 Å². The van der Waals surface area contributed by atoms with Crippen LogP contribution >= 0.6 is 38.6 Å². The molecule has 0 unspecified atom stereocenters. The molecule has 0 atom stereocenters. The third-order valence-electron chi connectivity index (χ3n) is 2.58. The van der Waals surface area contributed by atoms with Crippen molar-refractivity contribution in [2.75, 3.05) is 7.05 Å². The Balaban J connectivity index is 2.24. The minimum Gasteiger partial charge on any atom is -0.326 e. The van der Waals surface area contributed by atoms with Crippen molar-refractivity contribution in [1.29, 1.82) is 0 Å². The first-order valence-electron chi connectivity index (χ1n) is 5.41. The molecule has 0 amide bonds. The van der Waals surface area contributed by atoms with Gasteiger partial charge in [-0.05, 0) is 33.4 Å². The highest BCUT2D eigenvalue weighted by molar-refractivity contribution is 9.10. The summed E-state index contributed by atoms with van der Waals surface area (Å²) in [6.45, 7) is 0.600. The van der Waals surface area contributed by atoms with Gasteiger partial charge in [-0.1, -0.05) is 0 Å². The Morgan fingerprint density at radius 3 is 2.74 bits per heavy atom. The molecule has 19 heavy (non-hydrogen) atoms. The summed E-state index contributed by atoms with van der Waals surface area (Å²) >= 11 is 6.26. The lowest BCUT2D eigenvalue weighted by molar-refractivity contribution is 0.469. The standard InChI is InChI=1S/C11H13BrN2O2S3/c1-14(6-9-4-8(12)7-18-9)19(15,16)11-2-3-17-10(11)5-13/h2-4,7H,5-6,13H2,1H3. The Morgan fingerprint density at radius 1 is 1.42 bits per heavy atom. The number of rotatable bonds is 5. The fourth-order valence-electron chi connectivity index (χ4n) is 1.62. The molecule has 104 valence electrons. The molecule has 2 aromatic heterocycles. The zero-order valence-electron chi connectivity index (χ0n) is 10.2. The molecule has 0 aromatic carbocycles. The second-order valence-corrected chi connectivity index (χ2v) is 8.83. The van der Waals surface area contributed by atoms with Gasteiger partial charge in [0, 0.05) is 39.7 Å². The molecule has 2 N–H and O–H groups in total. The van der Waals surface area contributed by atoms with Gasteiger partial charge in [-0.3, -0.25) is 0 Å². The maximum atomic E-state index is 12.5. The fourth-order valence-corrected chi connectivity index (χ4v) is 5.65. The predicted octanol–water partition coefficient (Wildman–Crippen LogP) is 2.85. The lowest BCUT2D eigenvalue weighted by Crippen LogP contribution is -2.26. The molecule has 0 saturated carbocycles. The van der Waals surface area contributed by atoms with Crippen LogP contribution in [0.1, 0.15) is 9.75 Å². The lowest BCUT2D eigenvalue weighted by atomic mass is 10.5. The molecule has 8 heteroatoms. The van der Waals surface area contributed by atoms with E-state index in [9.17, 15) is 8.42 Å². The van der Waals surface area contributed by atoms with Gasteiger partial charge in [0.05, 0.1) is 4.90 Å². The molecule has 2 heterocycles. The van der Waals surface area contributed by atoms with Crippen molar-refractivity contribution < 1.29 is 8.42 Å². The van der Waals surface area contributed by atoms with Crippen molar-refractivity contribution >= 4 is 48.6 Å². The molecule has 4 nitrogen and oxygen atoms in total. The van der Waals surface area contributed by atoms with E-state index in [0.29, 0.717) is 16.3 Å². The molecule has 0 spiro atoms. The highest BCUT2D eigenvalue weighted by Crippen LogP contribution is 2.27. The highest BCUT2D eigenvalue weighted by atomic mass is 79.9. The fraction of sp³-hybridized carbons (Fsp3) is 0.273. The quantitative estimate of drug-likeness (QED) is 0.866. The summed E-state index contributed by atoms with van der Waals surface area (Å²) in [7, 11) is -1.89. The Hall–Kier alpha value is -0.250. The van der Waals surface area contributed by atoms with E-state index in [2.05, 4.69) is 15.9 Å². The molecule has 0 aliphatic rings. The van der Waals surface area contributed by atoms with E-state index in [1.165, 1.54) is 27.0 Å². The van der Waals surface area contributed by atoms with E-state index in [1.54, 1.807) is 18.5 Å². The smallest absolute Gasteiger partial charge is 0.244 e. The number of thiophene rings is 2. The van der Waals surface area contributed by atoms with Crippen LogP contribution < -0.4 is 5.73 Å². The van der Waals surface area contributed by atoms with E-state index in [0.717, 1.165) is 9.35 Å². The average Bonchev–Trinajstić information content (AvgIpc) is 2.97. The summed E-state index contributed by atoms with van der Waals surface area (Å²) in [5, 5.41) is 3.69. The number of nitrogens with two attached hydrogens (primary N) is 1. The van der Waals surface area contributed by atoms with Crippen molar-refractivity contribution in [2.24, 2.45) is 5.73 Å². The minimum absolute atomic E-state index is 0.241. The summed E-state index contributed by atoms with van der Waals surface area (Å²) < 4.78 is 27.2. The Kier molecular flexibility index (Phi) is 4.80. The van der Waals surface area contributed by atoms with Gasteiger partial charge in [0.15, 0.2) is 0 Å². The lowest BCUT2D eigenvalue weighted by Gasteiger charge is -2.16. The van der Waals surface area contributed by atoms with Crippen molar-refractivity contribution in [3.8, 4) is 0 Å². The topological polar surface area (TPSA) is 63.4 Å². The normalized spacial score (nSPS) is 12.2. The van der Waals surface area contributed by atoms with Crippen LogP contribution in [0.15, 0.2) is 32.3 Å². The summed E-state index contributed by atoms with van der Waals surface area (Å²) in [6.07, 6.45) is 0. The largest absolute Gasteiger partial charge is 0.326 e. The molecule has 2 aromatic rings. The van der Waals surface area contributed by atoms with E-state index < -0.39 is 10.0 Å². The van der Waals surface area contributed by atoms with Gasteiger partial charge < -0.3 is 5.73 Å². The van der Waals surface area contributed by atoms with E-state index in [-0.39, 0.29) is 6.54 Å². The Bertz CT molecular complexity index is 663. The van der Waals surface area contributed by atoms with E-state index in [4.69, 9.17) is 5.73 Å². The van der Waals surface area contributed by atoms with E-state index in [1.807, 2.05) is 11.4 Å². The summed E-state index contributed by atoms with van der Waals surface area (Å²) in [6, 6.07) is 3.54. The first-order valence-corrected chi connectivity index (χ1v) is 9.40. The van der Waals surface area contributed by atoms with Crippen LogP contribution in [-0.2, 0) is 23.1 Å². The van der Waals surface area contributed by atoms with Gasteiger partial charge in [0.25, 0.3) is 0 Å². The first-order chi connectivity index (χ1) is 8.95. The highest BCUT2D eigenvalue weighted by Gasteiger charge is 2.24.